The van der Waals surface area contributed by atoms with Gasteiger partial charge in [0.1, 0.15) is 5.75 Å². The van der Waals surface area contributed by atoms with E-state index in [9.17, 15) is 4.79 Å². The van der Waals surface area contributed by atoms with Crippen molar-refractivity contribution >= 4 is 5.91 Å². The largest absolute Gasteiger partial charge is 0.484 e. The number of ether oxygens (including phenoxy) is 1. The molecule has 106 valence electrons. The summed E-state index contributed by atoms with van der Waals surface area (Å²) in [5, 5.41) is 3.00. The van der Waals surface area contributed by atoms with Gasteiger partial charge >= 0.3 is 0 Å². The fourth-order valence-corrected chi connectivity index (χ4v) is 2.12. The van der Waals surface area contributed by atoms with E-state index in [-0.39, 0.29) is 12.5 Å². The smallest absolute Gasteiger partial charge is 0.258 e. The maximum atomic E-state index is 11.6. The first kappa shape index (κ1) is 15.5. The van der Waals surface area contributed by atoms with Gasteiger partial charge in [0.2, 0.25) is 0 Å². The number of amides is 1. The lowest BCUT2D eigenvalue weighted by atomic mass is 10.2. The van der Waals surface area contributed by atoms with Crippen LogP contribution in [0.25, 0.3) is 0 Å². The molecule has 1 saturated carbocycles. The van der Waals surface area contributed by atoms with E-state index in [0.29, 0.717) is 6.04 Å². The number of aryl methyl sites for hydroxylation is 1. The molecule has 0 heterocycles. The second-order valence-corrected chi connectivity index (χ2v) is 4.65. The van der Waals surface area contributed by atoms with Gasteiger partial charge < -0.3 is 10.1 Å². The number of benzene rings is 1. The van der Waals surface area contributed by atoms with Crippen molar-refractivity contribution in [3.8, 4) is 5.75 Å². The van der Waals surface area contributed by atoms with Crippen molar-refractivity contribution in [3.05, 3.63) is 29.8 Å². The average molecular weight is 263 g/mol. The van der Waals surface area contributed by atoms with E-state index in [1.54, 1.807) is 0 Å². The fourth-order valence-electron chi connectivity index (χ4n) is 2.12. The summed E-state index contributed by atoms with van der Waals surface area (Å²) in [5.41, 5.74) is 1.19. The second-order valence-electron chi connectivity index (χ2n) is 4.65. The van der Waals surface area contributed by atoms with Crippen LogP contribution in [-0.2, 0) is 4.79 Å². The van der Waals surface area contributed by atoms with Crippen molar-refractivity contribution in [3.63, 3.8) is 0 Å². The molecule has 1 N–H and O–H groups in total. The number of carbonyl (C=O) groups is 1. The Morgan fingerprint density at radius 2 is 1.79 bits per heavy atom. The summed E-state index contributed by atoms with van der Waals surface area (Å²) in [6.45, 7) is 6.14. The first-order valence-electron chi connectivity index (χ1n) is 7.23. The normalized spacial score (nSPS) is 14.5. The highest BCUT2D eigenvalue weighted by Crippen LogP contribution is 2.17. The van der Waals surface area contributed by atoms with Crippen LogP contribution in [0, 0.1) is 6.92 Å². The monoisotopic (exact) mass is 263 g/mol. The maximum Gasteiger partial charge on any atom is 0.258 e. The fraction of sp³-hybridized carbons (Fsp3) is 0.562. The molecule has 1 aromatic carbocycles. The van der Waals surface area contributed by atoms with Gasteiger partial charge in [0, 0.05) is 6.04 Å². The number of hydrogen-bond acceptors (Lipinski definition) is 2. The molecule has 0 bridgehead atoms. The lowest BCUT2D eigenvalue weighted by Gasteiger charge is -2.12. The standard InChI is InChI=1S/C14H19NO2.C2H6/c1-11-6-8-13(9-7-11)17-10-14(16)15-12-4-2-3-5-12;1-2/h6-9,12H,2-5,10H2,1H3,(H,15,16);1-2H3. The van der Waals surface area contributed by atoms with Gasteiger partial charge in [-0.2, -0.15) is 0 Å². The molecule has 0 unspecified atom stereocenters. The van der Waals surface area contributed by atoms with E-state index in [0.717, 1.165) is 18.6 Å². The molecule has 1 amide bonds. The third-order valence-electron chi connectivity index (χ3n) is 3.11. The molecule has 2 rings (SSSR count). The molecule has 0 aromatic heterocycles. The van der Waals surface area contributed by atoms with Crippen LogP contribution in [0.15, 0.2) is 24.3 Å². The van der Waals surface area contributed by atoms with E-state index >= 15 is 0 Å². The molecule has 0 radical (unpaired) electrons. The number of hydrogen-bond donors (Lipinski definition) is 1. The molecule has 0 spiro atoms. The molecule has 0 aliphatic heterocycles. The van der Waals surface area contributed by atoms with Gasteiger partial charge in [0.15, 0.2) is 6.61 Å². The minimum absolute atomic E-state index is 0.0162. The highest BCUT2D eigenvalue weighted by molar-refractivity contribution is 5.77. The summed E-state index contributed by atoms with van der Waals surface area (Å²) in [7, 11) is 0. The minimum Gasteiger partial charge on any atom is -0.484 e. The highest BCUT2D eigenvalue weighted by atomic mass is 16.5. The van der Waals surface area contributed by atoms with Crippen LogP contribution in [0.1, 0.15) is 45.1 Å². The van der Waals surface area contributed by atoms with Crippen molar-refractivity contribution in [2.24, 2.45) is 0 Å². The van der Waals surface area contributed by atoms with Gasteiger partial charge in [-0.3, -0.25) is 4.79 Å². The Morgan fingerprint density at radius 1 is 1.21 bits per heavy atom. The summed E-state index contributed by atoms with van der Waals surface area (Å²) in [6.07, 6.45) is 4.67. The van der Waals surface area contributed by atoms with Crippen molar-refractivity contribution < 1.29 is 9.53 Å². The maximum absolute atomic E-state index is 11.6. The number of nitrogens with one attached hydrogen (secondary N) is 1. The van der Waals surface area contributed by atoms with E-state index in [2.05, 4.69) is 5.32 Å². The van der Waals surface area contributed by atoms with Crippen molar-refractivity contribution in [2.75, 3.05) is 6.61 Å². The van der Waals surface area contributed by atoms with Crippen LogP contribution in [0.5, 0.6) is 5.75 Å². The second kappa shape index (κ2) is 8.57. The van der Waals surface area contributed by atoms with Crippen LogP contribution in [0.4, 0.5) is 0 Å². The number of carbonyl (C=O) groups excluding carboxylic acids is 1. The summed E-state index contributed by atoms with van der Waals surface area (Å²) >= 11 is 0. The summed E-state index contributed by atoms with van der Waals surface area (Å²) in [5.74, 6) is 0.731. The van der Waals surface area contributed by atoms with Gasteiger partial charge in [-0.05, 0) is 31.9 Å². The molecule has 3 heteroatoms. The topological polar surface area (TPSA) is 38.3 Å². The number of rotatable bonds is 4. The van der Waals surface area contributed by atoms with Crippen LogP contribution in [0.2, 0.25) is 0 Å². The van der Waals surface area contributed by atoms with Crippen molar-refractivity contribution in [2.45, 2.75) is 52.5 Å². The lowest BCUT2D eigenvalue weighted by Crippen LogP contribution is -2.36. The first-order chi connectivity index (χ1) is 9.24. The Balaban J connectivity index is 0.000000861. The zero-order valence-corrected chi connectivity index (χ0v) is 12.2. The molecule has 1 aromatic rings. The first-order valence-corrected chi connectivity index (χ1v) is 7.23. The molecule has 0 saturated heterocycles. The van der Waals surface area contributed by atoms with Crippen LogP contribution >= 0.6 is 0 Å². The molecule has 1 aliphatic carbocycles. The van der Waals surface area contributed by atoms with E-state index in [1.165, 1.54) is 18.4 Å². The average Bonchev–Trinajstić information content (AvgIpc) is 2.93. The van der Waals surface area contributed by atoms with Gasteiger partial charge in [0.25, 0.3) is 5.91 Å². The van der Waals surface area contributed by atoms with Gasteiger partial charge in [-0.25, -0.2) is 0 Å². The Hall–Kier alpha value is -1.51. The summed E-state index contributed by atoms with van der Waals surface area (Å²) in [4.78, 5) is 11.6. The zero-order chi connectivity index (χ0) is 14.1. The molecule has 0 atom stereocenters. The SMILES string of the molecule is CC.Cc1ccc(OCC(=O)NC2CCCC2)cc1. The van der Waals surface area contributed by atoms with Crippen LogP contribution in [-0.4, -0.2) is 18.6 Å². The molecule has 1 fully saturated rings. The Morgan fingerprint density at radius 3 is 2.37 bits per heavy atom. The van der Waals surface area contributed by atoms with Gasteiger partial charge in [-0.15, -0.1) is 0 Å². The van der Waals surface area contributed by atoms with Crippen LogP contribution in [0.3, 0.4) is 0 Å². The Bertz CT molecular complexity index is 367. The zero-order valence-electron chi connectivity index (χ0n) is 12.2. The Kier molecular flexibility index (Phi) is 7.01. The molecular weight excluding hydrogens is 238 g/mol. The predicted octanol–water partition coefficient (Wildman–Crippen LogP) is 3.46. The quantitative estimate of drug-likeness (QED) is 0.903. The summed E-state index contributed by atoms with van der Waals surface area (Å²) < 4.78 is 5.42. The van der Waals surface area contributed by atoms with E-state index in [1.807, 2.05) is 45.0 Å². The molecular formula is C16H25NO2. The highest BCUT2D eigenvalue weighted by Gasteiger charge is 2.16. The lowest BCUT2D eigenvalue weighted by molar-refractivity contribution is -0.123. The minimum atomic E-state index is -0.0162. The molecule has 19 heavy (non-hydrogen) atoms. The molecule has 1 aliphatic rings. The summed E-state index contributed by atoms with van der Waals surface area (Å²) in [6, 6.07) is 8.09. The Labute approximate surface area is 116 Å². The van der Waals surface area contributed by atoms with Gasteiger partial charge in [0.05, 0.1) is 0 Å². The predicted molar refractivity (Wildman–Crippen MR) is 78.4 cm³/mol. The van der Waals surface area contributed by atoms with E-state index < -0.39 is 0 Å². The third kappa shape index (κ3) is 5.77. The third-order valence-corrected chi connectivity index (χ3v) is 3.11. The van der Waals surface area contributed by atoms with Crippen LogP contribution < -0.4 is 10.1 Å². The van der Waals surface area contributed by atoms with Gasteiger partial charge in [-0.1, -0.05) is 44.4 Å². The van der Waals surface area contributed by atoms with Crippen molar-refractivity contribution in [1.82, 2.24) is 5.32 Å². The molecule has 3 nitrogen and oxygen atoms in total. The van der Waals surface area contributed by atoms with Crippen molar-refractivity contribution in [1.29, 1.82) is 0 Å². The van der Waals surface area contributed by atoms with E-state index in [4.69, 9.17) is 4.74 Å².